The summed E-state index contributed by atoms with van der Waals surface area (Å²) in [7, 11) is -3.73. The number of nitrogens with zero attached hydrogens (tertiary/aromatic N) is 3. The number of hydrogen-bond acceptors (Lipinski definition) is 7. The van der Waals surface area contributed by atoms with Crippen molar-refractivity contribution in [2.24, 2.45) is 0 Å². The van der Waals surface area contributed by atoms with Crippen LogP contribution in [0.3, 0.4) is 0 Å². The average molecular weight is 447 g/mol. The molecule has 0 spiro atoms. The highest BCUT2D eigenvalue weighted by molar-refractivity contribution is 7.89. The molecule has 0 aliphatic rings. The number of nitrogens with one attached hydrogen (secondary N) is 1. The molecule has 0 fully saturated rings. The Kier molecular flexibility index (Phi) is 5.29. The third kappa shape index (κ3) is 4.35. The van der Waals surface area contributed by atoms with Crippen LogP contribution in [0.2, 0.25) is 5.02 Å². The van der Waals surface area contributed by atoms with E-state index in [2.05, 4.69) is 15.0 Å². The summed E-state index contributed by atoms with van der Waals surface area (Å²) in [6.07, 6.45) is 1.57. The molecule has 2 heterocycles. The van der Waals surface area contributed by atoms with Gasteiger partial charge in [0, 0.05) is 22.5 Å². The van der Waals surface area contributed by atoms with Gasteiger partial charge in [0.1, 0.15) is 11.3 Å². The van der Waals surface area contributed by atoms with Crippen molar-refractivity contribution in [3.63, 3.8) is 0 Å². The van der Waals surface area contributed by atoms with E-state index in [4.69, 9.17) is 16.0 Å². The molecule has 4 rings (SSSR count). The van der Waals surface area contributed by atoms with E-state index in [0.717, 1.165) is 0 Å². The van der Waals surface area contributed by atoms with E-state index in [-0.39, 0.29) is 29.3 Å². The quantitative estimate of drug-likeness (QED) is 0.435. The first kappa shape index (κ1) is 20.1. The summed E-state index contributed by atoms with van der Waals surface area (Å²) in [5.41, 5.74) is 0.727. The summed E-state index contributed by atoms with van der Waals surface area (Å²) in [5.74, 6) is -0.0150. The fourth-order valence-electron chi connectivity index (χ4n) is 2.89. The van der Waals surface area contributed by atoms with Crippen molar-refractivity contribution in [1.29, 1.82) is 0 Å². The minimum atomic E-state index is -3.73. The van der Waals surface area contributed by atoms with Crippen molar-refractivity contribution in [3.05, 3.63) is 81.4 Å². The molecule has 0 aliphatic carbocycles. The molecule has 0 atom stereocenters. The number of aromatic hydroxyl groups is 1. The predicted octanol–water partition coefficient (Wildman–Crippen LogP) is 2.27. The molecule has 2 aromatic carbocycles. The molecule has 4 aromatic rings. The van der Waals surface area contributed by atoms with Crippen molar-refractivity contribution in [2.45, 2.75) is 18.0 Å². The lowest BCUT2D eigenvalue weighted by atomic mass is 10.1. The zero-order valence-corrected chi connectivity index (χ0v) is 16.9. The first-order chi connectivity index (χ1) is 14.3. The van der Waals surface area contributed by atoms with E-state index >= 15 is 0 Å². The van der Waals surface area contributed by atoms with E-state index in [9.17, 15) is 18.3 Å². The number of aromatic nitrogens is 3. The van der Waals surface area contributed by atoms with Gasteiger partial charge < -0.3 is 9.52 Å². The molecule has 0 amide bonds. The second-order valence-electron chi connectivity index (χ2n) is 6.46. The van der Waals surface area contributed by atoms with E-state index in [0.29, 0.717) is 21.7 Å². The van der Waals surface area contributed by atoms with Crippen molar-refractivity contribution < 1.29 is 17.9 Å². The molecule has 154 valence electrons. The van der Waals surface area contributed by atoms with Gasteiger partial charge >= 0.3 is 5.63 Å². The van der Waals surface area contributed by atoms with E-state index < -0.39 is 15.6 Å². The highest BCUT2D eigenvalue weighted by Crippen LogP contribution is 2.22. The van der Waals surface area contributed by atoms with E-state index in [1.54, 1.807) is 12.3 Å². The van der Waals surface area contributed by atoms with Crippen molar-refractivity contribution in [3.8, 4) is 5.75 Å². The Hall–Kier alpha value is -3.21. The molecule has 0 unspecified atom stereocenters. The minimum Gasteiger partial charge on any atom is -0.508 e. The number of hydrogen-bond donors (Lipinski definition) is 2. The molecular weight excluding hydrogens is 432 g/mol. The van der Waals surface area contributed by atoms with Crippen LogP contribution in [0.15, 0.2) is 68.8 Å². The van der Waals surface area contributed by atoms with Gasteiger partial charge in [0.15, 0.2) is 0 Å². The third-order valence-corrected chi connectivity index (χ3v) is 5.97. The van der Waals surface area contributed by atoms with Crippen molar-refractivity contribution >= 4 is 32.6 Å². The normalized spacial score (nSPS) is 11.8. The Morgan fingerprint density at radius 1 is 1.13 bits per heavy atom. The lowest BCUT2D eigenvalue weighted by Gasteiger charge is -2.06. The average Bonchev–Trinajstić information content (AvgIpc) is 3.14. The molecule has 11 heteroatoms. The van der Waals surface area contributed by atoms with E-state index in [1.165, 1.54) is 47.1 Å². The monoisotopic (exact) mass is 446 g/mol. The molecule has 0 radical (unpaired) electrons. The van der Waals surface area contributed by atoms with Gasteiger partial charge in [-0.25, -0.2) is 22.6 Å². The molecule has 30 heavy (non-hydrogen) atoms. The lowest BCUT2D eigenvalue weighted by Crippen LogP contribution is -2.23. The smallest absolute Gasteiger partial charge is 0.336 e. The number of phenols is 1. The van der Waals surface area contributed by atoms with Gasteiger partial charge in [-0.1, -0.05) is 16.8 Å². The maximum absolute atomic E-state index is 12.4. The maximum Gasteiger partial charge on any atom is 0.336 e. The molecule has 9 nitrogen and oxygen atoms in total. The van der Waals surface area contributed by atoms with Crippen LogP contribution >= 0.6 is 11.6 Å². The number of benzene rings is 2. The van der Waals surface area contributed by atoms with Crippen LogP contribution < -0.4 is 10.3 Å². The number of fused-ring (bicyclic) bond motifs is 1. The molecule has 2 aromatic heterocycles. The molecule has 0 aliphatic heterocycles. The number of phenolic OH excluding ortho intramolecular Hbond substituents is 1. The molecule has 2 N–H and O–H groups in total. The van der Waals surface area contributed by atoms with Crippen LogP contribution in [0.25, 0.3) is 11.0 Å². The molecular formula is C19H15ClN4O5S. The van der Waals surface area contributed by atoms with Gasteiger partial charge in [-0.15, -0.1) is 5.10 Å². The van der Waals surface area contributed by atoms with Crippen LogP contribution in [0.4, 0.5) is 0 Å². The SMILES string of the molecule is O=c1cc(Cn2cc(CNS(=O)(=O)c3ccc(Cl)cc3)nn2)c2ccc(O)cc2o1. The van der Waals surface area contributed by atoms with Crippen molar-refractivity contribution in [1.82, 2.24) is 19.7 Å². The minimum absolute atomic E-state index is 0.0150. The number of rotatable bonds is 6. The largest absolute Gasteiger partial charge is 0.508 e. The second-order valence-corrected chi connectivity index (χ2v) is 8.66. The van der Waals surface area contributed by atoms with Crippen LogP contribution in [0.5, 0.6) is 5.75 Å². The zero-order chi connectivity index (χ0) is 21.3. The highest BCUT2D eigenvalue weighted by Gasteiger charge is 2.15. The Morgan fingerprint density at radius 3 is 2.67 bits per heavy atom. The fourth-order valence-corrected chi connectivity index (χ4v) is 4.01. The van der Waals surface area contributed by atoms with Gasteiger partial charge in [-0.2, -0.15) is 0 Å². The molecule has 0 bridgehead atoms. The van der Waals surface area contributed by atoms with Gasteiger partial charge in [-0.05, 0) is 42.0 Å². The predicted molar refractivity (Wildman–Crippen MR) is 109 cm³/mol. The summed E-state index contributed by atoms with van der Waals surface area (Å²) in [6.45, 7) is 0.153. The number of halogens is 1. The third-order valence-electron chi connectivity index (χ3n) is 4.30. The molecule has 0 saturated carbocycles. The van der Waals surface area contributed by atoms with Gasteiger partial charge in [0.2, 0.25) is 10.0 Å². The van der Waals surface area contributed by atoms with Gasteiger partial charge in [-0.3, -0.25) is 0 Å². The van der Waals surface area contributed by atoms with E-state index in [1.807, 2.05) is 0 Å². The van der Waals surface area contributed by atoms with Crippen LogP contribution in [0, 0.1) is 0 Å². The zero-order valence-electron chi connectivity index (χ0n) is 15.3. The summed E-state index contributed by atoms with van der Waals surface area (Å²) in [6, 6.07) is 11.6. The van der Waals surface area contributed by atoms with Crippen LogP contribution in [0.1, 0.15) is 11.3 Å². The number of sulfonamides is 1. The Balaban J connectivity index is 1.51. The molecule has 0 saturated heterocycles. The first-order valence-corrected chi connectivity index (χ1v) is 10.6. The Morgan fingerprint density at radius 2 is 1.90 bits per heavy atom. The lowest BCUT2D eigenvalue weighted by molar-refractivity contribution is 0.473. The van der Waals surface area contributed by atoms with Gasteiger partial charge in [0.05, 0.1) is 29.9 Å². The topological polar surface area (TPSA) is 127 Å². The fraction of sp³-hybridized carbons (Fsp3) is 0.105. The van der Waals surface area contributed by atoms with Crippen LogP contribution in [-0.4, -0.2) is 28.5 Å². The first-order valence-electron chi connectivity index (χ1n) is 8.70. The maximum atomic E-state index is 12.4. The van der Waals surface area contributed by atoms with Gasteiger partial charge in [0.25, 0.3) is 0 Å². The summed E-state index contributed by atoms with van der Waals surface area (Å²) in [4.78, 5) is 11.9. The summed E-state index contributed by atoms with van der Waals surface area (Å²) in [5, 5.41) is 18.6. The second kappa shape index (κ2) is 7.90. The Bertz CT molecular complexity index is 1380. The highest BCUT2D eigenvalue weighted by atomic mass is 35.5. The summed E-state index contributed by atoms with van der Waals surface area (Å²) < 4.78 is 33.7. The standard InChI is InChI=1S/C19H15ClN4O5S/c20-13-1-4-16(5-2-13)30(27,28)21-9-14-11-24(23-22-14)10-12-7-19(26)29-18-8-15(25)3-6-17(12)18/h1-8,11,21,25H,9-10H2. The van der Waals surface area contributed by atoms with Crippen molar-refractivity contribution in [2.75, 3.05) is 0 Å². The summed E-state index contributed by atoms with van der Waals surface area (Å²) >= 11 is 5.78. The van der Waals surface area contributed by atoms with Crippen LogP contribution in [-0.2, 0) is 23.1 Å². The Labute approximate surface area is 175 Å².